The maximum absolute atomic E-state index is 4.46. The molecule has 1 aromatic rings. The molecule has 0 aliphatic heterocycles. The van der Waals surface area contributed by atoms with Gasteiger partial charge < -0.3 is 0 Å². The van der Waals surface area contributed by atoms with E-state index in [0.29, 0.717) is 4.83 Å². The molecule has 1 heterocycles. The summed E-state index contributed by atoms with van der Waals surface area (Å²) in [5, 5.41) is 0. The van der Waals surface area contributed by atoms with Crippen molar-refractivity contribution in [3.63, 3.8) is 0 Å². The number of halogens is 1. The second-order valence-corrected chi connectivity index (χ2v) is 5.71. The van der Waals surface area contributed by atoms with Crippen molar-refractivity contribution in [1.82, 2.24) is 4.98 Å². The topological polar surface area (TPSA) is 12.9 Å². The van der Waals surface area contributed by atoms with Gasteiger partial charge in [0.15, 0.2) is 0 Å². The van der Waals surface area contributed by atoms with Crippen LogP contribution in [0.3, 0.4) is 0 Å². The van der Waals surface area contributed by atoms with Gasteiger partial charge in [-0.15, -0.1) is 0 Å². The van der Waals surface area contributed by atoms with Gasteiger partial charge in [-0.3, -0.25) is 4.98 Å². The van der Waals surface area contributed by atoms with Crippen LogP contribution in [0, 0.1) is 12.8 Å². The third kappa shape index (κ3) is 2.81. The number of hydrogen-bond acceptors (Lipinski definition) is 1. The van der Waals surface area contributed by atoms with Crippen molar-refractivity contribution in [2.75, 3.05) is 0 Å². The summed E-state index contributed by atoms with van der Waals surface area (Å²) >= 11 is 3.84. The Morgan fingerprint density at radius 2 is 2.20 bits per heavy atom. The van der Waals surface area contributed by atoms with Crippen LogP contribution in [0.2, 0.25) is 0 Å². The zero-order valence-corrected chi connectivity index (χ0v) is 10.8. The molecule has 0 saturated heterocycles. The van der Waals surface area contributed by atoms with Crippen molar-refractivity contribution in [1.29, 1.82) is 0 Å². The van der Waals surface area contributed by atoms with Gasteiger partial charge in [-0.05, 0) is 37.3 Å². The van der Waals surface area contributed by atoms with Crippen molar-refractivity contribution in [3.05, 3.63) is 29.6 Å². The third-order valence-corrected chi connectivity index (χ3v) is 4.49. The van der Waals surface area contributed by atoms with Crippen LogP contribution in [0.5, 0.6) is 0 Å². The zero-order valence-electron chi connectivity index (χ0n) is 9.25. The highest BCUT2D eigenvalue weighted by Gasteiger charge is 2.23. The summed E-state index contributed by atoms with van der Waals surface area (Å²) in [5.41, 5.74) is 2.58. The molecule has 82 valence electrons. The zero-order chi connectivity index (χ0) is 10.7. The summed E-state index contributed by atoms with van der Waals surface area (Å²) in [4.78, 5) is 5.08. The molecule has 1 nitrogen and oxygen atoms in total. The molecule has 0 bridgehead atoms. The normalized spacial score (nSPS) is 19.3. The largest absolute Gasteiger partial charge is 0.261 e. The van der Waals surface area contributed by atoms with E-state index in [1.807, 2.05) is 12.3 Å². The van der Waals surface area contributed by atoms with E-state index < -0.39 is 0 Å². The Balaban J connectivity index is 1.99. The van der Waals surface area contributed by atoms with Crippen molar-refractivity contribution in [2.45, 2.75) is 43.9 Å². The molecule has 1 fully saturated rings. The van der Waals surface area contributed by atoms with E-state index in [4.69, 9.17) is 0 Å². The highest BCUT2D eigenvalue weighted by Crippen LogP contribution is 2.33. The van der Waals surface area contributed by atoms with E-state index in [2.05, 4.69) is 33.9 Å². The lowest BCUT2D eigenvalue weighted by atomic mass is 9.99. The second kappa shape index (κ2) is 5.11. The highest BCUT2D eigenvalue weighted by atomic mass is 79.9. The molecule has 0 amide bonds. The average Bonchev–Trinajstić information content (AvgIpc) is 2.74. The predicted molar refractivity (Wildman–Crippen MR) is 67.4 cm³/mol. The Bertz CT molecular complexity index is 318. The predicted octanol–water partition coefficient (Wildman–Crippen LogP) is 3.89. The molecule has 2 heteroatoms. The fraction of sp³-hybridized carbons (Fsp3) is 0.615. The fourth-order valence-electron chi connectivity index (χ4n) is 2.40. The number of alkyl halides is 1. The first kappa shape index (κ1) is 11.1. The smallest absolute Gasteiger partial charge is 0.0443 e. The van der Waals surface area contributed by atoms with Crippen molar-refractivity contribution in [3.8, 4) is 0 Å². The first-order chi connectivity index (χ1) is 7.27. The second-order valence-electron chi connectivity index (χ2n) is 4.53. The molecule has 0 N–H and O–H groups in total. The number of nitrogens with zero attached hydrogens (tertiary/aromatic N) is 1. The summed E-state index contributed by atoms with van der Waals surface area (Å²) in [7, 11) is 0. The third-order valence-electron chi connectivity index (χ3n) is 3.42. The van der Waals surface area contributed by atoms with Gasteiger partial charge in [0.1, 0.15) is 0 Å². The molecule has 0 aromatic carbocycles. The number of aryl methyl sites for hydroxylation is 1. The number of hydrogen-bond donors (Lipinski definition) is 0. The number of rotatable bonds is 3. The van der Waals surface area contributed by atoms with Crippen molar-refractivity contribution in [2.24, 2.45) is 5.92 Å². The van der Waals surface area contributed by atoms with Crippen LogP contribution >= 0.6 is 15.9 Å². The van der Waals surface area contributed by atoms with Gasteiger partial charge in [0.2, 0.25) is 0 Å². The lowest BCUT2D eigenvalue weighted by molar-refractivity contribution is 0.521. The Morgan fingerprint density at radius 1 is 1.47 bits per heavy atom. The van der Waals surface area contributed by atoms with Crippen LogP contribution in [0.15, 0.2) is 18.3 Å². The molecule has 2 rings (SSSR count). The fourth-order valence-corrected chi connectivity index (χ4v) is 3.24. The molecule has 0 spiro atoms. The Labute approximate surface area is 100 Å². The average molecular weight is 268 g/mol. The van der Waals surface area contributed by atoms with Crippen LogP contribution < -0.4 is 0 Å². The lowest BCUT2D eigenvalue weighted by Crippen LogP contribution is -2.15. The highest BCUT2D eigenvalue weighted by molar-refractivity contribution is 9.09. The maximum atomic E-state index is 4.46. The van der Waals surface area contributed by atoms with Crippen molar-refractivity contribution < 1.29 is 0 Å². The van der Waals surface area contributed by atoms with E-state index in [-0.39, 0.29) is 0 Å². The molecule has 0 radical (unpaired) electrons. The Morgan fingerprint density at radius 3 is 2.87 bits per heavy atom. The van der Waals surface area contributed by atoms with Gasteiger partial charge >= 0.3 is 0 Å². The van der Waals surface area contributed by atoms with Gasteiger partial charge in [0, 0.05) is 23.1 Å². The molecule has 1 saturated carbocycles. The summed E-state index contributed by atoms with van der Waals surface area (Å²) in [6.45, 7) is 2.15. The summed E-state index contributed by atoms with van der Waals surface area (Å²) < 4.78 is 0. The number of aromatic nitrogens is 1. The number of pyridine rings is 1. The summed E-state index contributed by atoms with van der Waals surface area (Å²) in [6, 6.07) is 4.16. The summed E-state index contributed by atoms with van der Waals surface area (Å²) in [5.74, 6) is 0.867. The standard InChI is InChI=1S/C13H18BrN/c1-10-5-4-8-15-13(10)9-12(14)11-6-2-3-7-11/h4-5,8,11-12H,2-3,6-7,9H2,1H3. The van der Waals surface area contributed by atoms with Gasteiger partial charge in [0.25, 0.3) is 0 Å². The van der Waals surface area contributed by atoms with Crippen LogP contribution in [0.25, 0.3) is 0 Å². The summed E-state index contributed by atoms with van der Waals surface area (Å²) in [6.07, 6.45) is 8.58. The molecular weight excluding hydrogens is 250 g/mol. The van der Waals surface area contributed by atoms with Crippen LogP contribution in [-0.4, -0.2) is 9.81 Å². The first-order valence-electron chi connectivity index (χ1n) is 5.82. The Kier molecular flexibility index (Phi) is 3.79. The lowest BCUT2D eigenvalue weighted by Gasteiger charge is -2.17. The van der Waals surface area contributed by atoms with Crippen LogP contribution in [0.4, 0.5) is 0 Å². The molecule has 1 aliphatic rings. The van der Waals surface area contributed by atoms with E-state index >= 15 is 0 Å². The SMILES string of the molecule is Cc1cccnc1CC(Br)C1CCCC1. The van der Waals surface area contributed by atoms with Crippen LogP contribution in [0.1, 0.15) is 36.9 Å². The van der Waals surface area contributed by atoms with Gasteiger partial charge in [-0.2, -0.15) is 0 Å². The monoisotopic (exact) mass is 267 g/mol. The van der Waals surface area contributed by atoms with Gasteiger partial charge in [-0.1, -0.05) is 34.8 Å². The van der Waals surface area contributed by atoms with E-state index in [1.165, 1.54) is 36.9 Å². The van der Waals surface area contributed by atoms with Crippen LogP contribution in [-0.2, 0) is 6.42 Å². The quantitative estimate of drug-likeness (QED) is 0.758. The van der Waals surface area contributed by atoms with Gasteiger partial charge in [-0.25, -0.2) is 0 Å². The molecule has 1 atom stereocenters. The molecule has 1 aromatic heterocycles. The van der Waals surface area contributed by atoms with E-state index in [1.54, 1.807) is 0 Å². The molecule has 1 aliphatic carbocycles. The molecule has 15 heavy (non-hydrogen) atoms. The molecular formula is C13H18BrN. The van der Waals surface area contributed by atoms with E-state index in [9.17, 15) is 0 Å². The minimum Gasteiger partial charge on any atom is -0.261 e. The van der Waals surface area contributed by atoms with Crippen molar-refractivity contribution >= 4 is 15.9 Å². The Hall–Kier alpha value is -0.370. The first-order valence-corrected chi connectivity index (χ1v) is 6.73. The van der Waals surface area contributed by atoms with E-state index in [0.717, 1.165) is 12.3 Å². The minimum absolute atomic E-state index is 0.619. The molecule has 1 unspecified atom stereocenters. The van der Waals surface area contributed by atoms with Gasteiger partial charge in [0.05, 0.1) is 0 Å². The maximum Gasteiger partial charge on any atom is 0.0443 e. The minimum atomic E-state index is 0.619.